The van der Waals surface area contributed by atoms with Gasteiger partial charge in [0.15, 0.2) is 0 Å². The van der Waals surface area contributed by atoms with Crippen LogP contribution in [0.5, 0.6) is 5.75 Å². The molecule has 2 aromatic rings. The minimum absolute atomic E-state index is 0.00415. The van der Waals surface area contributed by atoms with Gasteiger partial charge in [-0.25, -0.2) is 0 Å². The van der Waals surface area contributed by atoms with E-state index in [9.17, 15) is 14.4 Å². The number of amides is 3. The van der Waals surface area contributed by atoms with Crippen LogP contribution in [0.1, 0.15) is 33.6 Å². The fourth-order valence-corrected chi connectivity index (χ4v) is 4.55. The number of morpholine rings is 1. The molecule has 2 fully saturated rings. The van der Waals surface area contributed by atoms with E-state index >= 15 is 0 Å². The van der Waals surface area contributed by atoms with E-state index in [0.717, 1.165) is 0 Å². The Morgan fingerprint density at radius 1 is 0.912 bits per heavy atom. The second kappa shape index (κ2) is 11.2. The van der Waals surface area contributed by atoms with Crippen molar-refractivity contribution < 1.29 is 23.9 Å². The molecule has 2 saturated heterocycles. The Balaban J connectivity index is 1.47. The Morgan fingerprint density at radius 3 is 2.26 bits per heavy atom. The van der Waals surface area contributed by atoms with E-state index in [1.165, 1.54) is 0 Å². The van der Waals surface area contributed by atoms with Crippen LogP contribution in [0.15, 0.2) is 54.6 Å². The molecule has 2 aliphatic rings. The molecule has 1 N–H and O–H groups in total. The third kappa shape index (κ3) is 5.56. The van der Waals surface area contributed by atoms with Crippen LogP contribution in [-0.4, -0.2) is 80.1 Å². The molecule has 1 unspecified atom stereocenters. The van der Waals surface area contributed by atoms with Gasteiger partial charge in [0.2, 0.25) is 5.91 Å². The molecule has 8 nitrogen and oxygen atoms in total. The Hall–Kier alpha value is -3.39. The topological polar surface area (TPSA) is 88.2 Å². The molecule has 2 aromatic carbocycles. The molecule has 1 atom stereocenters. The van der Waals surface area contributed by atoms with Gasteiger partial charge in [0.1, 0.15) is 11.8 Å². The van der Waals surface area contributed by atoms with Crippen LogP contribution in [0.3, 0.4) is 0 Å². The lowest BCUT2D eigenvalue weighted by molar-refractivity contribution is -0.139. The second-order valence-electron chi connectivity index (χ2n) is 8.62. The molecule has 2 heterocycles. The molecule has 8 heteroatoms. The van der Waals surface area contributed by atoms with Crippen LogP contribution < -0.4 is 10.1 Å². The SMILES string of the molecule is COc1cccc(C(=O)NC(C(=O)N2CCOCC2)C2CCN(C(=O)c3ccccc3)CC2)c1. The average molecular weight is 466 g/mol. The van der Waals surface area contributed by atoms with Crippen molar-refractivity contribution in [1.29, 1.82) is 0 Å². The molecule has 0 bridgehead atoms. The quantitative estimate of drug-likeness (QED) is 0.707. The number of nitrogens with zero attached hydrogens (tertiary/aromatic N) is 2. The van der Waals surface area contributed by atoms with Gasteiger partial charge in [-0.1, -0.05) is 24.3 Å². The number of likely N-dealkylation sites (tertiary alicyclic amines) is 1. The lowest BCUT2D eigenvalue weighted by Gasteiger charge is -2.38. The van der Waals surface area contributed by atoms with E-state index in [-0.39, 0.29) is 23.6 Å². The average Bonchev–Trinajstić information content (AvgIpc) is 2.92. The zero-order chi connectivity index (χ0) is 23.9. The largest absolute Gasteiger partial charge is 0.497 e. The molecule has 0 aliphatic carbocycles. The number of carbonyl (C=O) groups is 3. The van der Waals surface area contributed by atoms with Crippen LogP contribution in [-0.2, 0) is 9.53 Å². The van der Waals surface area contributed by atoms with Gasteiger partial charge in [0.05, 0.1) is 20.3 Å². The molecule has 0 saturated carbocycles. The first-order valence-corrected chi connectivity index (χ1v) is 11.7. The van der Waals surface area contributed by atoms with Crippen LogP contribution in [0, 0.1) is 5.92 Å². The first kappa shape index (κ1) is 23.8. The molecule has 0 radical (unpaired) electrons. The zero-order valence-electron chi connectivity index (χ0n) is 19.4. The number of carbonyl (C=O) groups excluding carboxylic acids is 3. The van der Waals surface area contributed by atoms with Gasteiger partial charge >= 0.3 is 0 Å². The predicted octanol–water partition coefficient (Wildman–Crippen LogP) is 2.20. The van der Waals surface area contributed by atoms with Crippen LogP contribution in [0.25, 0.3) is 0 Å². The molecule has 0 spiro atoms. The van der Waals surface area contributed by atoms with E-state index in [4.69, 9.17) is 9.47 Å². The minimum Gasteiger partial charge on any atom is -0.497 e. The molecule has 3 amide bonds. The minimum atomic E-state index is -0.661. The van der Waals surface area contributed by atoms with Gasteiger partial charge in [-0.2, -0.15) is 0 Å². The number of ether oxygens (including phenoxy) is 2. The van der Waals surface area contributed by atoms with Crippen molar-refractivity contribution in [2.24, 2.45) is 5.92 Å². The molecule has 180 valence electrons. The van der Waals surface area contributed by atoms with E-state index in [1.807, 2.05) is 35.2 Å². The summed E-state index contributed by atoms with van der Waals surface area (Å²) in [5.74, 6) is 0.109. The van der Waals surface area contributed by atoms with Gasteiger partial charge in [-0.3, -0.25) is 14.4 Å². The predicted molar refractivity (Wildman–Crippen MR) is 127 cm³/mol. The van der Waals surface area contributed by atoms with Crippen LogP contribution in [0.4, 0.5) is 0 Å². The van der Waals surface area contributed by atoms with Gasteiger partial charge < -0.3 is 24.6 Å². The monoisotopic (exact) mass is 465 g/mol. The lowest BCUT2D eigenvalue weighted by atomic mass is 9.87. The third-order valence-electron chi connectivity index (χ3n) is 6.53. The highest BCUT2D eigenvalue weighted by Gasteiger charge is 2.36. The number of rotatable bonds is 6. The molecule has 4 rings (SSSR count). The van der Waals surface area contributed by atoms with Gasteiger partial charge in [0.25, 0.3) is 11.8 Å². The van der Waals surface area contributed by atoms with Crippen molar-refractivity contribution in [3.63, 3.8) is 0 Å². The molecule has 34 heavy (non-hydrogen) atoms. The summed E-state index contributed by atoms with van der Waals surface area (Å²) < 4.78 is 10.6. The number of piperidine rings is 1. The summed E-state index contributed by atoms with van der Waals surface area (Å²) in [4.78, 5) is 43.0. The Morgan fingerprint density at radius 2 is 1.59 bits per heavy atom. The van der Waals surface area contributed by atoms with Crippen molar-refractivity contribution in [1.82, 2.24) is 15.1 Å². The number of hydrogen-bond acceptors (Lipinski definition) is 5. The summed E-state index contributed by atoms with van der Waals surface area (Å²) in [6.45, 7) is 3.09. The summed E-state index contributed by atoms with van der Waals surface area (Å²) in [6, 6.07) is 15.4. The van der Waals surface area contributed by atoms with E-state index in [1.54, 1.807) is 36.3 Å². The second-order valence-corrected chi connectivity index (χ2v) is 8.62. The van der Waals surface area contributed by atoms with Gasteiger partial charge in [-0.15, -0.1) is 0 Å². The molecular formula is C26H31N3O5. The summed E-state index contributed by atoms with van der Waals surface area (Å²) in [5.41, 5.74) is 1.10. The maximum atomic E-state index is 13.5. The molecule has 0 aromatic heterocycles. The van der Waals surface area contributed by atoms with Crippen molar-refractivity contribution in [2.45, 2.75) is 18.9 Å². The lowest BCUT2D eigenvalue weighted by Crippen LogP contribution is -2.56. The molecular weight excluding hydrogens is 434 g/mol. The first-order chi connectivity index (χ1) is 16.6. The maximum Gasteiger partial charge on any atom is 0.253 e. The zero-order valence-corrected chi connectivity index (χ0v) is 19.4. The van der Waals surface area contributed by atoms with Gasteiger partial charge in [0, 0.05) is 37.3 Å². The molecule has 2 aliphatic heterocycles. The number of methoxy groups -OCH3 is 1. The smallest absolute Gasteiger partial charge is 0.253 e. The Kier molecular flexibility index (Phi) is 7.80. The fraction of sp³-hybridized carbons (Fsp3) is 0.423. The maximum absolute atomic E-state index is 13.5. The van der Waals surface area contributed by atoms with Crippen molar-refractivity contribution in [3.05, 3.63) is 65.7 Å². The summed E-state index contributed by atoms with van der Waals surface area (Å²) in [7, 11) is 1.55. The Labute approximate surface area is 199 Å². The summed E-state index contributed by atoms with van der Waals surface area (Å²) >= 11 is 0. The Bertz CT molecular complexity index is 999. The van der Waals surface area contributed by atoms with Crippen LogP contribution >= 0.6 is 0 Å². The van der Waals surface area contributed by atoms with E-state index in [0.29, 0.717) is 69.1 Å². The normalized spacial score (nSPS) is 17.7. The highest BCUT2D eigenvalue weighted by Crippen LogP contribution is 2.24. The number of hydrogen-bond donors (Lipinski definition) is 1. The fourth-order valence-electron chi connectivity index (χ4n) is 4.55. The highest BCUT2D eigenvalue weighted by atomic mass is 16.5. The number of nitrogens with one attached hydrogen (secondary N) is 1. The van der Waals surface area contributed by atoms with E-state index < -0.39 is 6.04 Å². The van der Waals surface area contributed by atoms with Gasteiger partial charge in [-0.05, 0) is 49.1 Å². The van der Waals surface area contributed by atoms with E-state index in [2.05, 4.69) is 5.32 Å². The highest BCUT2D eigenvalue weighted by molar-refractivity contribution is 5.98. The third-order valence-corrected chi connectivity index (χ3v) is 6.53. The summed E-state index contributed by atoms with van der Waals surface area (Å²) in [6.07, 6.45) is 1.27. The number of benzene rings is 2. The summed E-state index contributed by atoms with van der Waals surface area (Å²) in [5, 5.41) is 3.00. The van der Waals surface area contributed by atoms with Crippen molar-refractivity contribution in [2.75, 3.05) is 46.5 Å². The first-order valence-electron chi connectivity index (χ1n) is 11.7. The van der Waals surface area contributed by atoms with Crippen LogP contribution in [0.2, 0.25) is 0 Å². The van der Waals surface area contributed by atoms with Crippen molar-refractivity contribution in [3.8, 4) is 5.75 Å². The van der Waals surface area contributed by atoms with Crippen molar-refractivity contribution >= 4 is 17.7 Å². The standard InChI is InChI=1S/C26H31N3O5/c1-33-22-9-5-8-21(18-22)24(30)27-23(26(32)29-14-16-34-17-15-29)19-10-12-28(13-11-19)25(31)20-6-3-2-4-7-20/h2-9,18-19,23H,10-17H2,1H3,(H,27,30).